The molecule has 2 aliphatic rings. The number of hydrogen-bond donors (Lipinski definition) is 1. The maximum absolute atomic E-state index is 3.53. The summed E-state index contributed by atoms with van der Waals surface area (Å²) in [5.74, 6) is 0. The highest BCUT2D eigenvalue weighted by atomic mass is 15.2. The minimum Gasteiger partial charge on any atom is -0.338 e. The van der Waals surface area contributed by atoms with Crippen molar-refractivity contribution in [2.45, 2.75) is 38.8 Å². The Morgan fingerprint density at radius 1 is 0.952 bits per heavy atom. The van der Waals surface area contributed by atoms with Crippen molar-refractivity contribution in [3.63, 3.8) is 0 Å². The van der Waals surface area contributed by atoms with Crippen LogP contribution in [0.5, 0.6) is 0 Å². The van der Waals surface area contributed by atoms with Gasteiger partial charge in [0.25, 0.3) is 0 Å². The fourth-order valence-electron chi connectivity index (χ4n) is 3.78. The van der Waals surface area contributed by atoms with Gasteiger partial charge in [-0.1, -0.05) is 30.3 Å². The molecule has 21 heavy (non-hydrogen) atoms. The number of fused-ring (bicyclic) bond motifs is 2. The second kappa shape index (κ2) is 5.19. The summed E-state index contributed by atoms with van der Waals surface area (Å²) < 4.78 is 0. The van der Waals surface area contributed by atoms with Gasteiger partial charge in [0.05, 0.1) is 0 Å². The average molecular weight is 278 g/mol. The monoisotopic (exact) mass is 278 g/mol. The summed E-state index contributed by atoms with van der Waals surface area (Å²) in [5, 5.41) is 3.53. The first-order valence-corrected chi connectivity index (χ1v) is 8.03. The van der Waals surface area contributed by atoms with Crippen LogP contribution in [0.15, 0.2) is 42.5 Å². The number of nitrogens with zero attached hydrogens (tertiary/aromatic N) is 1. The van der Waals surface area contributed by atoms with Gasteiger partial charge >= 0.3 is 0 Å². The fourth-order valence-corrected chi connectivity index (χ4v) is 3.78. The molecule has 4 rings (SSSR count). The Morgan fingerprint density at radius 2 is 1.76 bits per heavy atom. The molecule has 2 heterocycles. The topological polar surface area (TPSA) is 15.3 Å². The SMILES string of the molecule is CC1CCc2ccccc2N1c1cccc2c1CNCC2. The van der Waals surface area contributed by atoms with E-state index in [1.165, 1.54) is 40.9 Å². The number of nitrogens with one attached hydrogen (secondary N) is 1. The van der Waals surface area contributed by atoms with Crippen LogP contribution in [0.1, 0.15) is 30.0 Å². The van der Waals surface area contributed by atoms with Crippen LogP contribution in [0, 0.1) is 0 Å². The maximum atomic E-state index is 3.53. The molecular weight excluding hydrogens is 256 g/mol. The van der Waals surface area contributed by atoms with E-state index in [4.69, 9.17) is 0 Å². The quantitative estimate of drug-likeness (QED) is 0.853. The first kappa shape index (κ1) is 12.9. The van der Waals surface area contributed by atoms with Crippen LogP contribution in [-0.2, 0) is 19.4 Å². The highest BCUT2D eigenvalue weighted by Gasteiger charge is 2.26. The first-order valence-electron chi connectivity index (χ1n) is 8.03. The molecule has 2 nitrogen and oxygen atoms in total. The van der Waals surface area contributed by atoms with Gasteiger partial charge in [-0.25, -0.2) is 0 Å². The standard InChI is InChI=1S/C19H22N2/c1-14-9-10-16-5-2-3-7-18(16)21(14)19-8-4-6-15-11-12-20-13-17(15)19/h2-8,14,20H,9-13H2,1H3. The summed E-state index contributed by atoms with van der Waals surface area (Å²) in [6.45, 7) is 4.45. The van der Waals surface area contributed by atoms with Gasteiger partial charge in [-0.05, 0) is 61.6 Å². The molecule has 2 aliphatic heterocycles. The molecule has 108 valence electrons. The van der Waals surface area contributed by atoms with E-state index in [1.807, 2.05) is 0 Å². The molecule has 2 aromatic rings. The zero-order valence-electron chi connectivity index (χ0n) is 12.6. The van der Waals surface area contributed by atoms with E-state index in [-0.39, 0.29) is 0 Å². The van der Waals surface area contributed by atoms with Crippen molar-refractivity contribution >= 4 is 11.4 Å². The molecule has 2 aromatic carbocycles. The Labute approximate surface area is 126 Å². The lowest BCUT2D eigenvalue weighted by Crippen LogP contribution is -2.35. The van der Waals surface area contributed by atoms with Gasteiger partial charge in [0.15, 0.2) is 0 Å². The van der Waals surface area contributed by atoms with Crippen LogP contribution in [0.2, 0.25) is 0 Å². The van der Waals surface area contributed by atoms with Crippen molar-refractivity contribution in [2.75, 3.05) is 11.4 Å². The number of benzene rings is 2. The number of hydrogen-bond acceptors (Lipinski definition) is 2. The van der Waals surface area contributed by atoms with Crippen LogP contribution in [0.3, 0.4) is 0 Å². The highest BCUT2D eigenvalue weighted by molar-refractivity contribution is 5.72. The molecular formula is C19H22N2. The Morgan fingerprint density at radius 3 is 2.71 bits per heavy atom. The molecule has 0 amide bonds. The Kier molecular flexibility index (Phi) is 3.19. The zero-order valence-corrected chi connectivity index (χ0v) is 12.6. The van der Waals surface area contributed by atoms with Crippen LogP contribution in [0.4, 0.5) is 11.4 Å². The molecule has 0 fully saturated rings. The Bertz CT molecular complexity index is 662. The molecule has 0 saturated carbocycles. The predicted molar refractivity (Wildman–Crippen MR) is 88.2 cm³/mol. The molecule has 0 aromatic heterocycles. The van der Waals surface area contributed by atoms with Crippen molar-refractivity contribution in [3.05, 3.63) is 59.2 Å². The van der Waals surface area contributed by atoms with Crippen molar-refractivity contribution < 1.29 is 0 Å². The van der Waals surface area contributed by atoms with Crippen molar-refractivity contribution in [2.24, 2.45) is 0 Å². The average Bonchev–Trinajstić information content (AvgIpc) is 2.54. The van der Waals surface area contributed by atoms with Crippen LogP contribution in [-0.4, -0.2) is 12.6 Å². The molecule has 0 aliphatic carbocycles. The molecule has 1 unspecified atom stereocenters. The van der Waals surface area contributed by atoms with E-state index < -0.39 is 0 Å². The highest BCUT2D eigenvalue weighted by Crippen LogP contribution is 2.39. The van der Waals surface area contributed by atoms with Crippen LogP contribution >= 0.6 is 0 Å². The summed E-state index contributed by atoms with van der Waals surface area (Å²) in [7, 11) is 0. The van der Waals surface area contributed by atoms with Gasteiger partial charge in [0, 0.05) is 24.0 Å². The maximum Gasteiger partial charge on any atom is 0.0461 e. The molecule has 0 bridgehead atoms. The van der Waals surface area contributed by atoms with Gasteiger partial charge in [0.2, 0.25) is 0 Å². The summed E-state index contributed by atoms with van der Waals surface area (Å²) in [6.07, 6.45) is 3.57. The van der Waals surface area contributed by atoms with Gasteiger partial charge in [-0.3, -0.25) is 0 Å². The van der Waals surface area contributed by atoms with Crippen LogP contribution in [0.25, 0.3) is 0 Å². The minimum atomic E-state index is 0.563. The summed E-state index contributed by atoms with van der Waals surface area (Å²) in [6, 6.07) is 16.3. The first-order chi connectivity index (χ1) is 10.3. The lowest BCUT2D eigenvalue weighted by atomic mass is 9.92. The Balaban J connectivity index is 1.86. The predicted octanol–water partition coefficient (Wildman–Crippen LogP) is 3.81. The molecule has 1 N–H and O–H groups in total. The van der Waals surface area contributed by atoms with Crippen molar-refractivity contribution in [1.29, 1.82) is 0 Å². The smallest absolute Gasteiger partial charge is 0.0461 e. The van der Waals surface area contributed by atoms with Crippen LogP contribution < -0.4 is 10.2 Å². The van der Waals surface area contributed by atoms with E-state index in [1.54, 1.807) is 0 Å². The van der Waals surface area contributed by atoms with Gasteiger partial charge in [-0.2, -0.15) is 0 Å². The third kappa shape index (κ3) is 2.14. The number of para-hydroxylation sites is 1. The number of aryl methyl sites for hydroxylation is 1. The largest absolute Gasteiger partial charge is 0.338 e. The number of anilines is 2. The van der Waals surface area contributed by atoms with E-state index >= 15 is 0 Å². The molecule has 0 radical (unpaired) electrons. The normalized spacial score (nSPS) is 20.8. The summed E-state index contributed by atoms with van der Waals surface area (Å²) in [5.41, 5.74) is 7.29. The van der Waals surface area contributed by atoms with E-state index in [2.05, 4.69) is 59.6 Å². The molecule has 0 spiro atoms. The number of rotatable bonds is 1. The zero-order chi connectivity index (χ0) is 14.2. The third-order valence-corrected chi connectivity index (χ3v) is 4.90. The van der Waals surface area contributed by atoms with E-state index in [9.17, 15) is 0 Å². The lowest BCUT2D eigenvalue weighted by molar-refractivity contribution is 0.604. The lowest BCUT2D eigenvalue weighted by Gasteiger charge is -2.39. The van der Waals surface area contributed by atoms with Gasteiger partial charge in [0.1, 0.15) is 0 Å². The van der Waals surface area contributed by atoms with Crippen molar-refractivity contribution in [3.8, 4) is 0 Å². The van der Waals surface area contributed by atoms with Crippen molar-refractivity contribution in [1.82, 2.24) is 5.32 Å². The summed E-state index contributed by atoms with van der Waals surface area (Å²) >= 11 is 0. The molecule has 2 heteroatoms. The fraction of sp³-hybridized carbons (Fsp3) is 0.368. The van der Waals surface area contributed by atoms with Gasteiger partial charge < -0.3 is 10.2 Å². The minimum absolute atomic E-state index is 0.563. The second-order valence-corrected chi connectivity index (χ2v) is 6.23. The molecule has 0 saturated heterocycles. The second-order valence-electron chi connectivity index (χ2n) is 6.23. The summed E-state index contributed by atoms with van der Waals surface area (Å²) in [4.78, 5) is 2.56. The third-order valence-electron chi connectivity index (χ3n) is 4.90. The van der Waals surface area contributed by atoms with E-state index in [0.717, 1.165) is 19.5 Å². The van der Waals surface area contributed by atoms with Gasteiger partial charge in [-0.15, -0.1) is 0 Å². The Hall–Kier alpha value is -1.80. The molecule has 1 atom stereocenters. The van der Waals surface area contributed by atoms with E-state index in [0.29, 0.717) is 6.04 Å².